The average molecular weight is 200 g/mol. The summed E-state index contributed by atoms with van der Waals surface area (Å²) in [4.78, 5) is 0. The Kier molecular flexibility index (Phi) is 3.85. The lowest BCUT2D eigenvalue weighted by Gasteiger charge is -2.09. The molecule has 1 unspecified atom stereocenters. The van der Waals surface area contributed by atoms with Crippen molar-refractivity contribution in [2.45, 2.75) is 13.0 Å². The summed E-state index contributed by atoms with van der Waals surface area (Å²) < 4.78 is 22.9. The first-order valence-electron chi connectivity index (χ1n) is 4.24. The standard InChI is InChI=1S/C10H13FO3/c1-7(12)9-4-3-8(5-10(9)11)14-6-13-2/h3-5,7,12H,6H2,1-2H3. The van der Waals surface area contributed by atoms with Gasteiger partial charge in [-0.1, -0.05) is 0 Å². The van der Waals surface area contributed by atoms with Gasteiger partial charge < -0.3 is 14.6 Å². The molecule has 0 aliphatic rings. The van der Waals surface area contributed by atoms with Crippen molar-refractivity contribution >= 4 is 0 Å². The van der Waals surface area contributed by atoms with E-state index in [1.807, 2.05) is 0 Å². The first-order chi connectivity index (χ1) is 6.65. The summed E-state index contributed by atoms with van der Waals surface area (Å²) in [7, 11) is 1.49. The average Bonchev–Trinajstić information content (AvgIpc) is 2.14. The van der Waals surface area contributed by atoms with Crippen molar-refractivity contribution in [3.8, 4) is 5.75 Å². The van der Waals surface area contributed by atoms with Crippen LogP contribution in [0.1, 0.15) is 18.6 Å². The molecule has 0 aliphatic heterocycles. The van der Waals surface area contributed by atoms with Gasteiger partial charge in [-0.3, -0.25) is 0 Å². The van der Waals surface area contributed by atoms with Gasteiger partial charge in [0.1, 0.15) is 11.6 Å². The van der Waals surface area contributed by atoms with Gasteiger partial charge >= 0.3 is 0 Å². The van der Waals surface area contributed by atoms with Crippen LogP contribution in [0.5, 0.6) is 5.75 Å². The smallest absolute Gasteiger partial charge is 0.188 e. The third-order valence-electron chi connectivity index (χ3n) is 1.77. The molecule has 0 aromatic heterocycles. The van der Waals surface area contributed by atoms with Crippen LogP contribution in [0, 0.1) is 5.82 Å². The molecule has 0 bridgehead atoms. The maximum absolute atomic E-state index is 13.2. The topological polar surface area (TPSA) is 38.7 Å². The Bertz CT molecular complexity index is 299. The van der Waals surface area contributed by atoms with Crippen LogP contribution in [0.4, 0.5) is 4.39 Å². The van der Waals surface area contributed by atoms with Crippen molar-refractivity contribution in [3.05, 3.63) is 29.6 Å². The minimum absolute atomic E-state index is 0.0769. The molecule has 78 valence electrons. The van der Waals surface area contributed by atoms with Crippen LogP contribution in [-0.2, 0) is 4.74 Å². The van der Waals surface area contributed by atoms with Crippen LogP contribution in [-0.4, -0.2) is 19.0 Å². The molecule has 0 aliphatic carbocycles. The number of ether oxygens (including phenoxy) is 2. The number of methoxy groups -OCH3 is 1. The van der Waals surface area contributed by atoms with Gasteiger partial charge in [0.25, 0.3) is 0 Å². The highest BCUT2D eigenvalue weighted by Gasteiger charge is 2.08. The minimum atomic E-state index is -0.813. The Morgan fingerprint density at radius 2 is 2.21 bits per heavy atom. The molecule has 3 nitrogen and oxygen atoms in total. The summed E-state index contributed by atoms with van der Waals surface area (Å²) in [6.45, 7) is 1.58. The van der Waals surface area contributed by atoms with E-state index in [2.05, 4.69) is 4.74 Å². The second-order valence-corrected chi connectivity index (χ2v) is 2.91. The Labute approximate surface area is 82.1 Å². The summed E-state index contributed by atoms with van der Waals surface area (Å²) in [6.07, 6.45) is -0.813. The molecule has 1 N–H and O–H groups in total. The van der Waals surface area contributed by atoms with Crippen LogP contribution >= 0.6 is 0 Å². The maximum atomic E-state index is 13.2. The number of rotatable bonds is 4. The third-order valence-corrected chi connectivity index (χ3v) is 1.77. The second-order valence-electron chi connectivity index (χ2n) is 2.91. The van der Waals surface area contributed by atoms with Crippen molar-refractivity contribution in [1.82, 2.24) is 0 Å². The highest BCUT2D eigenvalue weighted by Crippen LogP contribution is 2.21. The molecular weight excluding hydrogens is 187 g/mol. The lowest BCUT2D eigenvalue weighted by molar-refractivity contribution is 0.0508. The van der Waals surface area contributed by atoms with Gasteiger partial charge in [0.2, 0.25) is 0 Å². The van der Waals surface area contributed by atoms with E-state index in [1.54, 1.807) is 6.07 Å². The zero-order valence-electron chi connectivity index (χ0n) is 8.16. The van der Waals surface area contributed by atoms with E-state index in [-0.39, 0.29) is 12.4 Å². The zero-order valence-corrected chi connectivity index (χ0v) is 8.16. The maximum Gasteiger partial charge on any atom is 0.188 e. The van der Waals surface area contributed by atoms with Crippen molar-refractivity contribution in [2.24, 2.45) is 0 Å². The zero-order chi connectivity index (χ0) is 10.6. The molecule has 0 amide bonds. The first kappa shape index (κ1) is 10.9. The highest BCUT2D eigenvalue weighted by molar-refractivity contribution is 5.29. The van der Waals surface area contributed by atoms with E-state index in [9.17, 15) is 4.39 Å². The molecule has 1 rings (SSSR count). The first-order valence-corrected chi connectivity index (χ1v) is 4.24. The minimum Gasteiger partial charge on any atom is -0.467 e. The van der Waals surface area contributed by atoms with Crippen molar-refractivity contribution < 1.29 is 19.0 Å². The summed E-state index contributed by atoms with van der Waals surface area (Å²) in [6, 6.07) is 4.30. The largest absolute Gasteiger partial charge is 0.467 e. The molecule has 0 saturated heterocycles. The summed E-state index contributed by atoms with van der Waals surface area (Å²) in [5, 5.41) is 9.17. The van der Waals surface area contributed by atoms with E-state index in [0.717, 1.165) is 0 Å². The van der Waals surface area contributed by atoms with Gasteiger partial charge in [0.05, 0.1) is 6.10 Å². The van der Waals surface area contributed by atoms with Gasteiger partial charge in [0, 0.05) is 18.7 Å². The molecule has 0 heterocycles. The van der Waals surface area contributed by atoms with Crippen LogP contribution in [0.15, 0.2) is 18.2 Å². The Morgan fingerprint density at radius 1 is 1.50 bits per heavy atom. The van der Waals surface area contributed by atoms with Gasteiger partial charge in [-0.15, -0.1) is 0 Å². The quantitative estimate of drug-likeness (QED) is 0.754. The number of halogens is 1. The summed E-state index contributed by atoms with van der Waals surface area (Å²) >= 11 is 0. The van der Waals surface area contributed by atoms with E-state index >= 15 is 0 Å². The molecule has 1 aromatic rings. The number of hydrogen-bond donors (Lipinski definition) is 1. The van der Waals surface area contributed by atoms with Crippen LogP contribution in [0.2, 0.25) is 0 Å². The normalized spacial score (nSPS) is 12.6. The number of aliphatic hydroxyl groups is 1. The molecule has 0 spiro atoms. The van der Waals surface area contributed by atoms with Crippen LogP contribution < -0.4 is 4.74 Å². The summed E-state index contributed by atoms with van der Waals surface area (Å²) in [5.74, 6) is -0.0950. The molecule has 1 atom stereocenters. The number of benzene rings is 1. The van der Waals surface area contributed by atoms with Gasteiger partial charge in [0.15, 0.2) is 6.79 Å². The fourth-order valence-corrected chi connectivity index (χ4v) is 1.06. The fraction of sp³-hybridized carbons (Fsp3) is 0.400. The molecule has 14 heavy (non-hydrogen) atoms. The SMILES string of the molecule is COCOc1ccc(C(C)O)c(F)c1. The van der Waals surface area contributed by atoms with Crippen LogP contribution in [0.3, 0.4) is 0 Å². The predicted molar refractivity (Wildman–Crippen MR) is 49.5 cm³/mol. The lowest BCUT2D eigenvalue weighted by atomic mass is 10.1. The Balaban J connectivity index is 2.78. The highest BCUT2D eigenvalue weighted by atomic mass is 19.1. The number of hydrogen-bond acceptors (Lipinski definition) is 3. The Morgan fingerprint density at radius 3 is 2.71 bits per heavy atom. The van der Waals surface area contributed by atoms with E-state index in [0.29, 0.717) is 5.75 Å². The van der Waals surface area contributed by atoms with Gasteiger partial charge in [-0.25, -0.2) is 4.39 Å². The molecule has 0 saturated carbocycles. The molecule has 0 radical (unpaired) electrons. The van der Waals surface area contributed by atoms with E-state index in [4.69, 9.17) is 9.84 Å². The van der Waals surface area contributed by atoms with E-state index < -0.39 is 11.9 Å². The van der Waals surface area contributed by atoms with Crippen LogP contribution in [0.25, 0.3) is 0 Å². The fourth-order valence-electron chi connectivity index (χ4n) is 1.06. The third kappa shape index (κ3) is 2.68. The Hall–Kier alpha value is -1.13. The molecule has 0 fully saturated rings. The van der Waals surface area contributed by atoms with Crippen molar-refractivity contribution in [1.29, 1.82) is 0 Å². The molecular formula is C10H13FO3. The summed E-state index contributed by atoms with van der Waals surface area (Å²) in [5.41, 5.74) is 0.259. The lowest BCUT2D eigenvalue weighted by Crippen LogP contribution is -2.01. The predicted octanol–water partition coefficient (Wildman–Crippen LogP) is 1.86. The van der Waals surface area contributed by atoms with E-state index in [1.165, 1.54) is 26.2 Å². The van der Waals surface area contributed by atoms with Gasteiger partial charge in [-0.05, 0) is 19.1 Å². The monoisotopic (exact) mass is 200 g/mol. The molecule has 1 aromatic carbocycles. The second kappa shape index (κ2) is 4.93. The van der Waals surface area contributed by atoms with Crippen molar-refractivity contribution in [2.75, 3.05) is 13.9 Å². The molecule has 4 heteroatoms. The van der Waals surface area contributed by atoms with Crippen molar-refractivity contribution in [3.63, 3.8) is 0 Å². The number of aliphatic hydroxyl groups excluding tert-OH is 1. The van der Waals surface area contributed by atoms with Gasteiger partial charge in [-0.2, -0.15) is 0 Å².